The fourth-order valence-corrected chi connectivity index (χ4v) is 2.23. The summed E-state index contributed by atoms with van der Waals surface area (Å²) >= 11 is 0. The second-order valence-corrected chi connectivity index (χ2v) is 5.72. The maximum atomic E-state index is 12.2. The lowest BCUT2D eigenvalue weighted by Gasteiger charge is -2.22. The van der Waals surface area contributed by atoms with E-state index in [9.17, 15) is 4.79 Å². The standard InChI is InChI=1S/C16H27NO3/c1-7-17-12(2)10-14(13(17)3)15(18)11-20-9-8-16(4,5)19-6/h10H,7-9,11H2,1-6H3. The minimum Gasteiger partial charge on any atom is -0.379 e. The summed E-state index contributed by atoms with van der Waals surface area (Å²) in [6.45, 7) is 11.6. The Kier molecular flexibility index (Phi) is 5.96. The molecule has 0 aliphatic carbocycles. The first-order chi connectivity index (χ1) is 9.32. The van der Waals surface area contributed by atoms with Crippen LogP contribution in [0.3, 0.4) is 0 Å². The number of aryl methyl sites for hydroxylation is 1. The Morgan fingerprint density at radius 3 is 2.50 bits per heavy atom. The van der Waals surface area contributed by atoms with E-state index in [1.54, 1.807) is 7.11 Å². The lowest BCUT2D eigenvalue weighted by molar-refractivity contribution is -0.00837. The lowest BCUT2D eigenvalue weighted by atomic mass is 10.1. The Morgan fingerprint density at radius 2 is 2.00 bits per heavy atom. The molecule has 0 spiro atoms. The molecule has 20 heavy (non-hydrogen) atoms. The van der Waals surface area contributed by atoms with Gasteiger partial charge in [0.2, 0.25) is 0 Å². The highest BCUT2D eigenvalue weighted by molar-refractivity contribution is 5.98. The van der Waals surface area contributed by atoms with Crippen LogP contribution >= 0.6 is 0 Å². The fourth-order valence-electron chi connectivity index (χ4n) is 2.23. The molecule has 0 amide bonds. The Balaban J connectivity index is 2.52. The number of methoxy groups -OCH3 is 1. The second-order valence-electron chi connectivity index (χ2n) is 5.72. The average molecular weight is 281 g/mol. The molecule has 1 aromatic heterocycles. The summed E-state index contributed by atoms with van der Waals surface area (Å²) < 4.78 is 12.9. The molecule has 0 N–H and O–H groups in total. The zero-order valence-corrected chi connectivity index (χ0v) is 13.6. The van der Waals surface area contributed by atoms with Gasteiger partial charge in [0.1, 0.15) is 6.61 Å². The van der Waals surface area contributed by atoms with Crippen molar-refractivity contribution < 1.29 is 14.3 Å². The molecule has 114 valence electrons. The van der Waals surface area contributed by atoms with Gasteiger partial charge in [-0.2, -0.15) is 0 Å². The summed E-state index contributed by atoms with van der Waals surface area (Å²) in [4.78, 5) is 12.2. The van der Waals surface area contributed by atoms with E-state index in [2.05, 4.69) is 11.5 Å². The molecule has 0 unspecified atom stereocenters. The molecule has 0 aliphatic rings. The lowest BCUT2D eigenvalue weighted by Crippen LogP contribution is -2.25. The van der Waals surface area contributed by atoms with E-state index < -0.39 is 0 Å². The number of hydrogen-bond donors (Lipinski definition) is 0. The van der Waals surface area contributed by atoms with Gasteiger partial charge in [0, 0.05) is 37.2 Å². The molecule has 0 atom stereocenters. The van der Waals surface area contributed by atoms with Gasteiger partial charge in [0.05, 0.1) is 5.60 Å². The third-order valence-electron chi connectivity index (χ3n) is 3.82. The molecule has 1 rings (SSSR count). The van der Waals surface area contributed by atoms with Gasteiger partial charge in [-0.05, 0) is 47.1 Å². The van der Waals surface area contributed by atoms with E-state index in [1.807, 2.05) is 33.8 Å². The molecule has 1 heterocycles. The summed E-state index contributed by atoms with van der Waals surface area (Å²) in [5, 5.41) is 0. The summed E-state index contributed by atoms with van der Waals surface area (Å²) in [5.74, 6) is 0.0491. The van der Waals surface area contributed by atoms with E-state index >= 15 is 0 Å². The van der Waals surface area contributed by atoms with Crippen LogP contribution in [0.4, 0.5) is 0 Å². The van der Waals surface area contributed by atoms with Crippen LogP contribution in [0.1, 0.15) is 48.9 Å². The molecule has 0 aliphatic heterocycles. The fraction of sp³-hybridized carbons (Fsp3) is 0.688. The molecule has 0 saturated carbocycles. The number of rotatable bonds is 8. The number of nitrogens with zero attached hydrogens (tertiary/aromatic N) is 1. The van der Waals surface area contributed by atoms with Crippen molar-refractivity contribution in [1.82, 2.24) is 4.57 Å². The monoisotopic (exact) mass is 281 g/mol. The number of carbonyl (C=O) groups is 1. The van der Waals surface area contributed by atoms with Crippen LogP contribution in [-0.4, -0.2) is 36.3 Å². The van der Waals surface area contributed by atoms with Crippen LogP contribution in [0.2, 0.25) is 0 Å². The first-order valence-corrected chi connectivity index (χ1v) is 7.15. The highest BCUT2D eigenvalue weighted by Gasteiger charge is 2.18. The van der Waals surface area contributed by atoms with Crippen molar-refractivity contribution in [2.45, 2.75) is 53.2 Å². The van der Waals surface area contributed by atoms with Gasteiger partial charge in [-0.15, -0.1) is 0 Å². The van der Waals surface area contributed by atoms with Crippen molar-refractivity contribution in [1.29, 1.82) is 0 Å². The van der Waals surface area contributed by atoms with E-state index in [-0.39, 0.29) is 18.0 Å². The van der Waals surface area contributed by atoms with Crippen LogP contribution in [0, 0.1) is 13.8 Å². The van der Waals surface area contributed by atoms with Crippen molar-refractivity contribution in [3.8, 4) is 0 Å². The van der Waals surface area contributed by atoms with Crippen molar-refractivity contribution in [3.05, 3.63) is 23.0 Å². The number of ketones is 1. The molecule has 0 radical (unpaired) electrons. The smallest absolute Gasteiger partial charge is 0.190 e. The second kappa shape index (κ2) is 7.04. The summed E-state index contributed by atoms with van der Waals surface area (Å²) in [7, 11) is 1.69. The van der Waals surface area contributed by atoms with Gasteiger partial charge in [0.25, 0.3) is 0 Å². The maximum Gasteiger partial charge on any atom is 0.190 e. The molecule has 0 fully saturated rings. The maximum absolute atomic E-state index is 12.2. The predicted octanol–water partition coefficient (Wildman–Crippen LogP) is 3.14. The molecular weight excluding hydrogens is 254 g/mol. The summed E-state index contributed by atoms with van der Waals surface area (Å²) in [6.07, 6.45) is 0.769. The SMILES string of the molecule is CCn1c(C)cc(C(=O)COCCC(C)(C)OC)c1C. The third kappa shape index (κ3) is 4.18. The van der Waals surface area contributed by atoms with Crippen molar-refractivity contribution in [2.75, 3.05) is 20.3 Å². The topological polar surface area (TPSA) is 40.5 Å². The third-order valence-corrected chi connectivity index (χ3v) is 3.82. The highest BCUT2D eigenvalue weighted by Crippen LogP contribution is 2.16. The van der Waals surface area contributed by atoms with Crippen LogP contribution in [0.25, 0.3) is 0 Å². The molecule has 4 heteroatoms. The summed E-state index contributed by atoms with van der Waals surface area (Å²) in [6, 6.07) is 1.95. The minimum absolute atomic E-state index is 0.0491. The largest absolute Gasteiger partial charge is 0.379 e. The van der Waals surface area contributed by atoms with Gasteiger partial charge in [-0.25, -0.2) is 0 Å². The zero-order chi connectivity index (χ0) is 15.3. The zero-order valence-electron chi connectivity index (χ0n) is 13.6. The molecular formula is C16H27NO3. The molecule has 0 bridgehead atoms. The van der Waals surface area contributed by atoms with Crippen molar-refractivity contribution >= 4 is 5.78 Å². The van der Waals surface area contributed by atoms with Crippen LogP contribution < -0.4 is 0 Å². The van der Waals surface area contributed by atoms with Gasteiger partial charge >= 0.3 is 0 Å². The minimum atomic E-state index is -0.207. The van der Waals surface area contributed by atoms with Gasteiger partial charge < -0.3 is 14.0 Å². The number of aromatic nitrogens is 1. The predicted molar refractivity (Wildman–Crippen MR) is 80.4 cm³/mol. The highest BCUT2D eigenvalue weighted by atomic mass is 16.5. The molecule has 4 nitrogen and oxygen atoms in total. The average Bonchev–Trinajstić information content (AvgIpc) is 2.69. The number of Topliss-reactive ketones (excluding diaryl/α,β-unsaturated/α-hetero) is 1. The molecule has 0 aromatic carbocycles. The molecule has 1 aromatic rings. The Hall–Kier alpha value is -1.13. The van der Waals surface area contributed by atoms with Crippen LogP contribution in [-0.2, 0) is 16.0 Å². The first-order valence-electron chi connectivity index (χ1n) is 7.15. The number of hydrogen-bond acceptors (Lipinski definition) is 3. The normalized spacial score (nSPS) is 11.9. The Labute approximate surface area is 122 Å². The quantitative estimate of drug-likeness (QED) is 0.543. The van der Waals surface area contributed by atoms with Crippen LogP contribution in [0.5, 0.6) is 0 Å². The Morgan fingerprint density at radius 1 is 1.35 bits per heavy atom. The van der Waals surface area contributed by atoms with E-state index in [0.29, 0.717) is 6.61 Å². The van der Waals surface area contributed by atoms with Crippen LogP contribution in [0.15, 0.2) is 6.07 Å². The van der Waals surface area contributed by atoms with Gasteiger partial charge in [0.15, 0.2) is 5.78 Å². The van der Waals surface area contributed by atoms with Gasteiger partial charge in [-0.3, -0.25) is 4.79 Å². The Bertz CT molecular complexity index is 461. The van der Waals surface area contributed by atoms with Crippen molar-refractivity contribution in [3.63, 3.8) is 0 Å². The summed E-state index contributed by atoms with van der Waals surface area (Å²) in [5.41, 5.74) is 2.71. The van der Waals surface area contributed by atoms with Crippen molar-refractivity contribution in [2.24, 2.45) is 0 Å². The first kappa shape index (κ1) is 16.9. The van der Waals surface area contributed by atoms with E-state index in [1.165, 1.54) is 0 Å². The number of carbonyl (C=O) groups excluding carboxylic acids is 1. The molecule has 0 saturated heterocycles. The van der Waals surface area contributed by atoms with E-state index in [4.69, 9.17) is 9.47 Å². The van der Waals surface area contributed by atoms with E-state index in [0.717, 1.165) is 29.9 Å². The van der Waals surface area contributed by atoms with Gasteiger partial charge in [-0.1, -0.05) is 0 Å². The number of ether oxygens (including phenoxy) is 2.